The van der Waals surface area contributed by atoms with Gasteiger partial charge in [0.2, 0.25) is 5.60 Å². The van der Waals surface area contributed by atoms with Crippen LogP contribution in [0.3, 0.4) is 0 Å². The number of benzene rings is 1. The SMILES string of the molecule is CCCCCCCCCCCCCCCCCCOC[C@H](COP(=O)(O)O[C@@H]1C[C@@]12O[C@@](C#N)(c1ccc3c(N)ncnn13)[C@H](O)[C@@H]2O)OCc1ccccc1Cl. The summed E-state index contributed by atoms with van der Waals surface area (Å²) in [4.78, 5) is 14.7. The zero-order valence-corrected chi connectivity index (χ0v) is 34.8. The largest absolute Gasteiger partial charge is 0.472 e. The van der Waals surface area contributed by atoms with Gasteiger partial charge >= 0.3 is 7.82 Å². The molecule has 14 nitrogen and oxygen atoms in total. The lowest BCUT2D eigenvalue weighted by Crippen LogP contribution is -2.41. The Morgan fingerprint density at radius 3 is 2.23 bits per heavy atom. The van der Waals surface area contributed by atoms with Crippen molar-refractivity contribution in [2.75, 3.05) is 25.6 Å². The number of aliphatic hydroxyl groups is 2. The predicted molar refractivity (Wildman–Crippen MR) is 216 cm³/mol. The number of fused-ring (bicyclic) bond motifs is 1. The summed E-state index contributed by atoms with van der Waals surface area (Å²) in [6.07, 6.45) is 16.3. The average molecular weight is 834 g/mol. The summed E-state index contributed by atoms with van der Waals surface area (Å²) in [5, 5.41) is 37.2. The fourth-order valence-electron chi connectivity index (χ4n) is 7.57. The molecule has 5 rings (SSSR count). The predicted octanol–water partition coefficient (Wildman–Crippen LogP) is 7.94. The number of hydrogen-bond acceptors (Lipinski definition) is 12. The van der Waals surface area contributed by atoms with Crippen molar-refractivity contribution in [3.63, 3.8) is 0 Å². The number of nitrogens with two attached hydrogens (primary N) is 1. The van der Waals surface area contributed by atoms with E-state index in [0.717, 1.165) is 24.8 Å². The van der Waals surface area contributed by atoms with Gasteiger partial charge in [0.15, 0.2) is 5.82 Å². The Balaban J connectivity index is 1.04. The van der Waals surface area contributed by atoms with Gasteiger partial charge in [-0.05, 0) is 30.2 Å². The lowest BCUT2D eigenvalue weighted by molar-refractivity contribution is -0.0778. The number of nitrogens with zero attached hydrogens (tertiary/aromatic N) is 4. The molecule has 316 valence electrons. The van der Waals surface area contributed by atoms with E-state index in [1.807, 2.05) is 24.3 Å². The van der Waals surface area contributed by atoms with Crippen LogP contribution in [0.1, 0.15) is 127 Å². The molecule has 1 unspecified atom stereocenters. The van der Waals surface area contributed by atoms with E-state index in [4.69, 9.17) is 40.6 Å². The smallest absolute Gasteiger partial charge is 0.387 e. The number of anilines is 1. The second-order valence-corrected chi connectivity index (χ2v) is 17.2. The van der Waals surface area contributed by atoms with Crippen molar-refractivity contribution < 1.29 is 42.9 Å². The van der Waals surface area contributed by atoms with Crippen molar-refractivity contribution in [2.24, 2.45) is 0 Å². The minimum absolute atomic E-state index is 0.0855. The van der Waals surface area contributed by atoms with Gasteiger partial charge in [-0.1, -0.05) is 133 Å². The Bertz CT molecular complexity index is 1780. The molecule has 0 bridgehead atoms. The monoisotopic (exact) mass is 833 g/mol. The molecule has 1 aromatic carbocycles. The molecule has 16 heteroatoms. The maximum Gasteiger partial charge on any atom is 0.472 e. The molecule has 1 aliphatic carbocycles. The molecule has 3 aromatic rings. The highest BCUT2D eigenvalue weighted by atomic mass is 35.5. The topological polar surface area (TPSA) is 204 Å². The Morgan fingerprint density at radius 1 is 0.965 bits per heavy atom. The number of aliphatic hydroxyl groups excluding tert-OH is 2. The summed E-state index contributed by atoms with van der Waals surface area (Å²) in [5.41, 5.74) is 3.40. The summed E-state index contributed by atoms with van der Waals surface area (Å²) in [5.74, 6) is 0.137. The first-order valence-corrected chi connectivity index (χ1v) is 22.6. The maximum atomic E-state index is 13.2. The molecule has 7 atom stereocenters. The van der Waals surface area contributed by atoms with Crippen LogP contribution >= 0.6 is 19.4 Å². The van der Waals surface area contributed by atoms with E-state index in [1.165, 1.54) is 100 Å². The second-order valence-electron chi connectivity index (χ2n) is 15.4. The third-order valence-corrected chi connectivity index (χ3v) is 12.4. The molecule has 2 aliphatic rings. The van der Waals surface area contributed by atoms with Gasteiger partial charge in [-0.2, -0.15) is 10.4 Å². The van der Waals surface area contributed by atoms with E-state index in [-0.39, 0.29) is 37.8 Å². The van der Waals surface area contributed by atoms with Crippen LogP contribution < -0.4 is 5.73 Å². The van der Waals surface area contributed by atoms with Crippen molar-refractivity contribution in [1.29, 1.82) is 5.26 Å². The van der Waals surface area contributed by atoms with E-state index >= 15 is 0 Å². The Morgan fingerprint density at radius 2 is 1.60 bits per heavy atom. The van der Waals surface area contributed by atoms with Crippen molar-refractivity contribution in [1.82, 2.24) is 14.6 Å². The van der Waals surface area contributed by atoms with Crippen LogP contribution in [0.2, 0.25) is 5.02 Å². The number of phosphoric ester groups is 1. The van der Waals surface area contributed by atoms with Crippen LogP contribution in [-0.4, -0.2) is 79.5 Å². The van der Waals surface area contributed by atoms with Crippen molar-refractivity contribution in [3.05, 3.63) is 59.0 Å². The van der Waals surface area contributed by atoms with Crippen LogP contribution in [-0.2, 0) is 40.0 Å². The maximum absolute atomic E-state index is 13.2. The van der Waals surface area contributed by atoms with Crippen LogP contribution in [0.25, 0.3) is 5.52 Å². The minimum atomic E-state index is -4.76. The molecule has 2 fully saturated rings. The lowest BCUT2D eigenvalue weighted by Gasteiger charge is -2.24. The van der Waals surface area contributed by atoms with Gasteiger partial charge in [0.05, 0.1) is 25.5 Å². The van der Waals surface area contributed by atoms with Crippen LogP contribution in [0.4, 0.5) is 5.82 Å². The molecule has 0 amide bonds. The van der Waals surface area contributed by atoms with Crippen LogP contribution in [0.15, 0.2) is 42.7 Å². The molecule has 1 spiro atoms. The molecule has 1 aliphatic heterocycles. The number of rotatable bonds is 28. The number of nitriles is 1. The summed E-state index contributed by atoms with van der Waals surface area (Å²) >= 11 is 6.33. The van der Waals surface area contributed by atoms with Gasteiger partial charge < -0.3 is 35.1 Å². The van der Waals surface area contributed by atoms with Crippen molar-refractivity contribution in [3.8, 4) is 6.07 Å². The first-order chi connectivity index (χ1) is 27.6. The van der Waals surface area contributed by atoms with E-state index in [9.17, 15) is 24.9 Å². The highest BCUT2D eigenvalue weighted by molar-refractivity contribution is 7.47. The van der Waals surface area contributed by atoms with E-state index in [0.29, 0.717) is 17.1 Å². The number of hydrogen-bond donors (Lipinski definition) is 4. The number of nitrogen functional groups attached to an aromatic ring is 1. The number of unbranched alkanes of at least 4 members (excludes halogenated alkanes) is 15. The second kappa shape index (κ2) is 22.1. The Hall–Kier alpha value is -2.67. The van der Waals surface area contributed by atoms with Crippen LogP contribution in [0, 0.1) is 11.3 Å². The van der Waals surface area contributed by atoms with Crippen molar-refractivity contribution >= 4 is 30.8 Å². The zero-order valence-electron chi connectivity index (χ0n) is 33.2. The Kier molecular flexibility index (Phi) is 17.6. The lowest BCUT2D eigenvalue weighted by atomic mass is 9.92. The Labute approximate surface area is 341 Å². The van der Waals surface area contributed by atoms with Gasteiger partial charge in [-0.3, -0.25) is 9.05 Å². The average Bonchev–Trinajstić information content (AvgIpc) is 3.57. The highest BCUT2D eigenvalue weighted by Crippen LogP contribution is 2.62. The number of halogens is 1. The molecule has 57 heavy (non-hydrogen) atoms. The molecule has 1 saturated heterocycles. The molecular formula is C41H61ClN5O9P. The summed E-state index contributed by atoms with van der Waals surface area (Å²) in [7, 11) is -4.76. The van der Waals surface area contributed by atoms with Gasteiger partial charge in [-0.25, -0.2) is 14.1 Å². The minimum Gasteiger partial charge on any atom is -0.387 e. The third-order valence-electron chi connectivity index (χ3n) is 11.0. The van der Waals surface area contributed by atoms with E-state index < -0.39 is 43.4 Å². The normalized spacial score (nSPS) is 24.5. The highest BCUT2D eigenvalue weighted by Gasteiger charge is 2.76. The van der Waals surface area contributed by atoms with Gasteiger partial charge in [-0.15, -0.1) is 0 Å². The van der Waals surface area contributed by atoms with Gasteiger partial charge in [0.1, 0.15) is 47.9 Å². The first kappa shape index (κ1) is 45.4. The summed E-state index contributed by atoms with van der Waals surface area (Å²) in [6.45, 7) is 2.65. The molecule has 2 aromatic heterocycles. The fourth-order valence-corrected chi connectivity index (χ4v) is 8.75. The van der Waals surface area contributed by atoms with Gasteiger partial charge in [0.25, 0.3) is 0 Å². The molecule has 0 radical (unpaired) electrons. The standard InChI is InChI=1S/C41H61ClN5O9P/c1-2-3-4-5-6-7-8-9-10-11-12-13-14-15-16-19-24-52-27-32(53-26-31-20-17-18-21-33(31)42)28-54-57(50,51)55-36-25-40(36)37(48)38(49)41(29-43,56-40)35-23-22-34-39(44)45-30-46-47(34)35/h17-18,20-23,30,32,36-38,48-49H,2-16,19,24-28H2,1H3,(H,50,51)(H2,44,45,46)/t32-,36-,37+,38-,40-,41+/m1/s1. The van der Waals surface area contributed by atoms with Gasteiger partial charge in [0, 0.05) is 18.1 Å². The number of ether oxygens (including phenoxy) is 3. The third kappa shape index (κ3) is 12.2. The fraction of sp³-hybridized carbons (Fsp3) is 0.683. The van der Waals surface area contributed by atoms with E-state index in [1.54, 1.807) is 12.1 Å². The summed E-state index contributed by atoms with van der Waals surface area (Å²) < 4.78 is 43.4. The van der Waals surface area contributed by atoms with Crippen molar-refractivity contribution in [2.45, 2.75) is 158 Å². The number of phosphoric acid groups is 1. The molecule has 3 heterocycles. The number of aromatic nitrogens is 3. The first-order valence-electron chi connectivity index (χ1n) is 20.7. The van der Waals surface area contributed by atoms with E-state index in [2.05, 4.69) is 17.0 Å². The quantitative estimate of drug-likeness (QED) is 0.0406. The van der Waals surface area contributed by atoms with Crippen LogP contribution in [0.5, 0.6) is 0 Å². The summed E-state index contributed by atoms with van der Waals surface area (Å²) in [6, 6.07) is 12.2. The zero-order chi connectivity index (χ0) is 40.7. The molecular weight excluding hydrogens is 773 g/mol. The molecule has 1 saturated carbocycles. The molecule has 5 N–H and O–H groups in total.